The highest BCUT2D eigenvalue weighted by molar-refractivity contribution is 6.31. The van der Waals surface area contributed by atoms with Crippen molar-refractivity contribution in [3.8, 4) is 34.3 Å². The lowest BCUT2D eigenvalue weighted by Gasteiger charge is -2.15. The molecule has 3 N–H and O–H groups in total. The van der Waals surface area contributed by atoms with Gasteiger partial charge in [-0.15, -0.1) is 0 Å². The van der Waals surface area contributed by atoms with Crippen LogP contribution in [0.1, 0.15) is 29.8 Å². The molecule has 0 aliphatic heterocycles. The van der Waals surface area contributed by atoms with Gasteiger partial charge in [0, 0.05) is 30.6 Å². The Labute approximate surface area is 203 Å². The lowest BCUT2D eigenvalue weighted by atomic mass is 9.97. The summed E-state index contributed by atoms with van der Waals surface area (Å²) in [6.45, 7) is 3.84. The smallest absolute Gasteiger partial charge is 0.274 e. The Bertz CT molecular complexity index is 1620. The van der Waals surface area contributed by atoms with E-state index in [9.17, 15) is 10.1 Å². The molecule has 1 saturated carbocycles. The quantitative estimate of drug-likeness (QED) is 0.419. The normalized spacial score (nSPS) is 13.1. The molecule has 3 aromatic heterocycles. The SMILES string of the molecule is C=Cc1nc(-c2cnn(C)c2-c2c(F)c(Cl)cc(OC3CC3)c2C#N)cc2c(CN)n[nH]c(=O)c12. The second-order valence-corrected chi connectivity index (χ2v) is 8.51. The molecule has 9 nitrogen and oxygen atoms in total. The molecule has 0 radical (unpaired) electrons. The summed E-state index contributed by atoms with van der Waals surface area (Å²) < 4.78 is 22.8. The van der Waals surface area contributed by atoms with Crippen molar-refractivity contribution in [3.63, 3.8) is 0 Å². The van der Waals surface area contributed by atoms with E-state index in [4.69, 9.17) is 22.1 Å². The average molecular weight is 492 g/mol. The summed E-state index contributed by atoms with van der Waals surface area (Å²) in [5.41, 5.74) is 7.17. The molecule has 0 amide bonds. The highest BCUT2D eigenvalue weighted by Crippen LogP contribution is 2.42. The summed E-state index contributed by atoms with van der Waals surface area (Å²) >= 11 is 6.22. The second-order valence-electron chi connectivity index (χ2n) is 8.10. The minimum absolute atomic E-state index is 0.00846. The van der Waals surface area contributed by atoms with Gasteiger partial charge in [0.15, 0.2) is 5.82 Å². The van der Waals surface area contributed by atoms with Crippen LogP contribution in [0.15, 0.2) is 29.7 Å². The number of rotatable bonds is 6. The highest BCUT2D eigenvalue weighted by atomic mass is 35.5. The molecule has 1 aliphatic rings. The van der Waals surface area contributed by atoms with Gasteiger partial charge in [-0.05, 0) is 25.0 Å². The number of ether oxygens (including phenoxy) is 1. The predicted octanol–water partition coefficient (Wildman–Crippen LogP) is 3.69. The Kier molecular flexibility index (Phi) is 5.59. The summed E-state index contributed by atoms with van der Waals surface area (Å²) in [5.74, 6) is -0.565. The van der Waals surface area contributed by atoms with Crippen LogP contribution < -0.4 is 16.0 Å². The van der Waals surface area contributed by atoms with Crippen LogP contribution in [0.4, 0.5) is 4.39 Å². The number of halogens is 2. The van der Waals surface area contributed by atoms with Gasteiger partial charge in [0.2, 0.25) is 0 Å². The number of hydrogen-bond donors (Lipinski definition) is 2. The number of aryl methyl sites for hydroxylation is 1. The number of pyridine rings is 1. The molecule has 0 unspecified atom stereocenters. The Morgan fingerprint density at radius 1 is 1.46 bits per heavy atom. The van der Waals surface area contributed by atoms with Crippen LogP contribution in [-0.2, 0) is 13.6 Å². The molecule has 0 saturated heterocycles. The Morgan fingerprint density at radius 2 is 2.23 bits per heavy atom. The fraction of sp³-hybridized carbons (Fsp3) is 0.208. The number of nitrogens with zero attached hydrogens (tertiary/aromatic N) is 5. The maximum atomic E-state index is 15.5. The zero-order valence-electron chi connectivity index (χ0n) is 18.6. The lowest BCUT2D eigenvalue weighted by molar-refractivity contribution is 0.302. The van der Waals surface area contributed by atoms with Gasteiger partial charge in [0.25, 0.3) is 5.56 Å². The number of nitrogens with two attached hydrogens (primary N) is 1. The molecule has 176 valence electrons. The fourth-order valence-electron chi connectivity index (χ4n) is 4.02. The summed E-state index contributed by atoms with van der Waals surface area (Å²) in [6.07, 6.45) is 4.63. The van der Waals surface area contributed by atoms with E-state index in [0.717, 1.165) is 12.8 Å². The molecule has 1 aliphatic carbocycles. The number of fused-ring (bicyclic) bond motifs is 1. The first kappa shape index (κ1) is 22.7. The second kappa shape index (κ2) is 8.61. The summed E-state index contributed by atoms with van der Waals surface area (Å²) in [6, 6.07) is 5.03. The first-order chi connectivity index (χ1) is 16.9. The molecular formula is C24H19ClFN7O2. The lowest BCUT2D eigenvalue weighted by Crippen LogP contribution is -2.15. The van der Waals surface area contributed by atoms with Crippen LogP contribution in [-0.4, -0.2) is 31.1 Å². The van der Waals surface area contributed by atoms with Crippen LogP contribution >= 0.6 is 11.6 Å². The fourth-order valence-corrected chi connectivity index (χ4v) is 4.22. The van der Waals surface area contributed by atoms with Crippen molar-refractivity contribution in [2.75, 3.05) is 0 Å². The van der Waals surface area contributed by atoms with Gasteiger partial charge in [-0.2, -0.15) is 15.5 Å². The van der Waals surface area contributed by atoms with Crippen LogP contribution in [0.3, 0.4) is 0 Å². The Hall–Kier alpha value is -4.07. The zero-order chi connectivity index (χ0) is 24.9. The molecule has 35 heavy (non-hydrogen) atoms. The van der Waals surface area contributed by atoms with Gasteiger partial charge in [-0.1, -0.05) is 18.2 Å². The molecule has 4 aromatic rings. The topological polar surface area (TPSA) is 136 Å². The van der Waals surface area contributed by atoms with Gasteiger partial charge >= 0.3 is 0 Å². The Morgan fingerprint density at radius 3 is 2.89 bits per heavy atom. The largest absolute Gasteiger partial charge is 0.489 e. The number of aromatic nitrogens is 5. The van der Waals surface area contributed by atoms with Crippen molar-refractivity contribution in [3.05, 3.63) is 63.1 Å². The van der Waals surface area contributed by atoms with Crippen molar-refractivity contribution in [2.24, 2.45) is 12.8 Å². The average Bonchev–Trinajstić information content (AvgIpc) is 3.59. The van der Waals surface area contributed by atoms with Gasteiger partial charge in [0.1, 0.15) is 17.4 Å². The van der Waals surface area contributed by atoms with Gasteiger partial charge in [-0.25, -0.2) is 14.5 Å². The van der Waals surface area contributed by atoms with Crippen LogP contribution in [0, 0.1) is 17.1 Å². The maximum Gasteiger partial charge on any atom is 0.274 e. The van der Waals surface area contributed by atoms with E-state index in [1.807, 2.05) is 0 Å². The standard InChI is InChI=1S/C24H19ClFN7O2/c1-3-16-20-12(18(9-28)31-32-24(20)34)6-17(30-16)14-10-29-33(2)23(14)21-13(8-27)19(35-11-4-5-11)7-15(25)22(21)26/h3,6-7,10-11H,1,4-5,9,28H2,2H3,(H,32,34). The number of benzene rings is 1. The predicted molar refractivity (Wildman–Crippen MR) is 129 cm³/mol. The van der Waals surface area contributed by atoms with E-state index in [1.165, 1.54) is 23.0 Å². The number of hydrogen-bond acceptors (Lipinski definition) is 7. The number of nitrogens with one attached hydrogen (secondary N) is 1. The third kappa shape index (κ3) is 3.75. The van der Waals surface area contributed by atoms with E-state index < -0.39 is 11.4 Å². The van der Waals surface area contributed by atoms with Crippen molar-refractivity contribution in [1.82, 2.24) is 25.0 Å². The molecule has 3 heterocycles. The molecular weight excluding hydrogens is 473 g/mol. The molecule has 1 aromatic carbocycles. The highest BCUT2D eigenvalue weighted by Gasteiger charge is 2.30. The molecule has 1 fully saturated rings. The van der Waals surface area contributed by atoms with E-state index in [0.29, 0.717) is 28.0 Å². The summed E-state index contributed by atoms with van der Waals surface area (Å²) in [4.78, 5) is 17.1. The molecule has 0 atom stereocenters. The number of aromatic amines is 1. The third-order valence-electron chi connectivity index (χ3n) is 5.83. The van der Waals surface area contributed by atoms with Crippen LogP contribution in [0.5, 0.6) is 5.75 Å². The molecule has 0 bridgehead atoms. The van der Waals surface area contributed by atoms with Crippen molar-refractivity contribution >= 4 is 28.4 Å². The molecule has 5 rings (SSSR count). The first-order valence-corrected chi connectivity index (χ1v) is 11.1. The van der Waals surface area contributed by atoms with E-state index in [2.05, 4.69) is 32.9 Å². The third-order valence-corrected chi connectivity index (χ3v) is 6.10. The molecule has 11 heteroatoms. The van der Waals surface area contributed by atoms with Crippen molar-refractivity contribution in [2.45, 2.75) is 25.5 Å². The minimum atomic E-state index is -0.776. The summed E-state index contributed by atoms with van der Waals surface area (Å²) in [5, 5.41) is 21.3. The van der Waals surface area contributed by atoms with Crippen molar-refractivity contribution in [1.29, 1.82) is 5.26 Å². The van der Waals surface area contributed by atoms with Crippen molar-refractivity contribution < 1.29 is 9.13 Å². The monoisotopic (exact) mass is 491 g/mol. The zero-order valence-corrected chi connectivity index (χ0v) is 19.4. The van der Waals surface area contributed by atoms with Gasteiger partial charge in [0.05, 0.1) is 51.0 Å². The van der Waals surface area contributed by atoms with Crippen LogP contribution in [0.2, 0.25) is 5.02 Å². The molecule has 0 spiro atoms. The summed E-state index contributed by atoms with van der Waals surface area (Å²) in [7, 11) is 1.62. The van der Waals surface area contributed by atoms with E-state index in [1.54, 1.807) is 13.1 Å². The number of nitriles is 1. The van der Waals surface area contributed by atoms with Crippen LogP contribution in [0.25, 0.3) is 39.4 Å². The van der Waals surface area contributed by atoms with Gasteiger partial charge < -0.3 is 10.5 Å². The van der Waals surface area contributed by atoms with Gasteiger partial charge in [-0.3, -0.25) is 9.48 Å². The van der Waals surface area contributed by atoms with E-state index in [-0.39, 0.29) is 45.6 Å². The minimum Gasteiger partial charge on any atom is -0.489 e. The maximum absolute atomic E-state index is 15.5. The Balaban J connectivity index is 1.82. The number of H-pyrrole nitrogens is 1. The van der Waals surface area contributed by atoms with E-state index >= 15 is 4.39 Å². The first-order valence-electron chi connectivity index (χ1n) is 10.7.